The predicted molar refractivity (Wildman–Crippen MR) is 76.3 cm³/mol. The van der Waals surface area contributed by atoms with Gasteiger partial charge in [-0.15, -0.1) is 0 Å². The lowest BCUT2D eigenvalue weighted by Crippen LogP contribution is -2.33. The maximum Gasteiger partial charge on any atom is 0.138 e. The first-order chi connectivity index (χ1) is 8.51. The normalized spacial score (nSPS) is 23.1. The molecule has 1 aromatic carbocycles. The van der Waals surface area contributed by atoms with Gasteiger partial charge >= 0.3 is 0 Å². The molecule has 0 saturated carbocycles. The van der Waals surface area contributed by atoms with Gasteiger partial charge in [0.05, 0.1) is 5.02 Å². The van der Waals surface area contributed by atoms with E-state index in [0.29, 0.717) is 11.6 Å². The van der Waals surface area contributed by atoms with E-state index in [2.05, 4.69) is 24.9 Å². The van der Waals surface area contributed by atoms with E-state index in [0.717, 1.165) is 24.3 Å². The van der Waals surface area contributed by atoms with E-state index in [9.17, 15) is 0 Å². The average molecular weight is 266 g/mol. The lowest BCUT2D eigenvalue weighted by molar-refractivity contribution is 0.352. The van der Waals surface area contributed by atoms with Gasteiger partial charge < -0.3 is 10.1 Å². The number of ether oxygens (including phenoxy) is 1. The zero-order valence-corrected chi connectivity index (χ0v) is 11.8. The number of nitrogens with one attached hydrogen (secondary N) is 1. The minimum atomic E-state index is 0.0521. The average Bonchev–Trinajstić information content (AvgIpc) is 2.75. The van der Waals surface area contributed by atoms with Gasteiger partial charge in [-0.3, -0.25) is 0 Å². The van der Waals surface area contributed by atoms with Crippen molar-refractivity contribution in [3.8, 4) is 5.75 Å². The summed E-state index contributed by atoms with van der Waals surface area (Å²) < 4.78 is 5.60. The van der Waals surface area contributed by atoms with Crippen LogP contribution in [0, 0.1) is 0 Å². The number of hydrogen-bond donors (Lipinski definition) is 1. The van der Waals surface area contributed by atoms with Crippen molar-refractivity contribution in [3.63, 3.8) is 0 Å². The van der Waals surface area contributed by atoms with Gasteiger partial charge in [0.1, 0.15) is 12.4 Å². The molecule has 1 fully saturated rings. The molecule has 1 heterocycles. The molecule has 0 bridgehead atoms. The second-order valence-electron chi connectivity index (χ2n) is 5.25. The summed E-state index contributed by atoms with van der Waals surface area (Å²) in [6, 6.07) is 6.05. The molecule has 0 spiro atoms. The molecule has 0 aromatic heterocycles. The van der Waals surface area contributed by atoms with Crippen LogP contribution in [0.2, 0.25) is 5.02 Å². The smallest absolute Gasteiger partial charge is 0.138 e. The molecule has 0 amide bonds. The van der Waals surface area contributed by atoms with Crippen LogP contribution in [-0.4, -0.2) is 13.2 Å². The third kappa shape index (κ3) is 2.88. The fourth-order valence-corrected chi connectivity index (χ4v) is 2.54. The highest BCUT2D eigenvalue weighted by Crippen LogP contribution is 2.35. The molecule has 3 heteroatoms. The van der Waals surface area contributed by atoms with Gasteiger partial charge in [0.15, 0.2) is 0 Å². The van der Waals surface area contributed by atoms with E-state index in [1.165, 1.54) is 12.0 Å². The van der Waals surface area contributed by atoms with E-state index < -0.39 is 0 Å². The van der Waals surface area contributed by atoms with Crippen LogP contribution < -0.4 is 10.1 Å². The highest BCUT2D eigenvalue weighted by atomic mass is 35.5. The summed E-state index contributed by atoms with van der Waals surface area (Å²) in [5.74, 6) is 0.727. The van der Waals surface area contributed by atoms with Crippen LogP contribution in [0.1, 0.15) is 32.3 Å². The Bertz CT molecular complexity index is 450. The Morgan fingerprint density at radius 2 is 2.33 bits per heavy atom. The molecule has 2 rings (SSSR count). The Balaban J connectivity index is 2.16. The standard InChI is InChI=1S/C15H20ClNO/c1-11(2)10-18-14-6-5-12(9-13(14)16)15(3)7-4-8-17-15/h5-6,9,17H,1,4,7-8,10H2,2-3H3. The number of rotatable bonds is 4. The van der Waals surface area contributed by atoms with Gasteiger partial charge in [-0.05, 0) is 56.5 Å². The SMILES string of the molecule is C=C(C)COc1ccc(C2(C)CCCN2)cc1Cl. The van der Waals surface area contributed by atoms with E-state index >= 15 is 0 Å². The maximum atomic E-state index is 6.27. The summed E-state index contributed by atoms with van der Waals surface area (Å²) >= 11 is 6.27. The van der Waals surface area contributed by atoms with Gasteiger partial charge in [-0.2, -0.15) is 0 Å². The highest BCUT2D eigenvalue weighted by molar-refractivity contribution is 6.32. The third-order valence-electron chi connectivity index (χ3n) is 3.41. The van der Waals surface area contributed by atoms with Crippen molar-refractivity contribution in [3.05, 3.63) is 40.9 Å². The topological polar surface area (TPSA) is 21.3 Å². The molecule has 2 nitrogen and oxygen atoms in total. The number of hydrogen-bond acceptors (Lipinski definition) is 2. The molecule has 0 radical (unpaired) electrons. The van der Waals surface area contributed by atoms with E-state index in [-0.39, 0.29) is 5.54 Å². The minimum Gasteiger partial charge on any atom is -0.488 e. The molecule has 1 atom stereocenters. The molecule has 1 aliphatic heterocycles. The van der Waals surface area contributed by atoms with Crippen molar-refractivity contribution in [1.82, 2.24) is 5.32 Å². The molecular formula is C15H20ClNO. The van der Waals surface area contributed by atoms with E-state index in [1.807, 2.05) is 19.1 Å². The fourth-order valence-electron chi connectivity index (χ4n) is 2.30. The summed E-state index contributed by atoms with van der Waals surface area (Å²) in [6.45, 7) is 9.55. The second-order valence-corrected chi connectivity index (χ2v) is 5.66. The summed E-state index contributed by atoms with van der Waals surface area (Å²) in [5.41, 5.74) is 2.27. The minimum absolute atomic E-state index is 0.0521. The van der Waals surface area contributed by atoms with Crippen LogP contribution in [0.5, 0.6) is 5.75 Å². The lowest BCUT2D eigenvalue weighted by Gasteiger charge is -2.25. The van der Waals surface area contributed by atoms with Crippen molar-refractivity contribution in [1.29, 1.82) is 0 Å². The number of halogens is 1. The third-order valence-corrected chi connectivity index (χ3v) is 3.71. The Labute approximate surface area is 114 Å². The van der Waals surface area contributed by atoms with Crippen LogP contribution in [0.25, 0.3) is 0 Å². The molecule has 98 valence electrons. The Kier molecular flexibility index (Phi) is 3.98. The summed E-state index contributed by atoms with van der Waals surface area (Å²) in [5, 5.41) is 4.20. The highest BCUT2D eigenvalue weighted by Gasteiger charge is 2.30. The fraction of sp³-hybridized carbons (Fsp3) is 0.467. The maximum absolute atomic E-state index is 6.27. The zero-order chi connectivity index (χ0) is 13.2. The molecule has 1 N–H and O–H groups in total. The second kappa shape index (κ2) is 5.33. The monoisotopic (exact) mass is 265 g/mol. The van der Waals surface area contributed by atoms with Crippen molar-refractivity contribution in [2.24, 2.45) is 0 Å². The van der Waals surface area contributed by atoms with Crippen molar-refractivity contribution in [2.45, 2.75) is 32.2 Å². The summed E-state index contributed by atoms with van der Waals surface area (Å²) in [4.78, 5) is 0. The first-order valence-electron chi connectivity index (χ1n) is 6.33. The van der Waals surface area contributed by atoms with Crippen molar-refractivity contribution >= 4 is 11.6 Å². The van der Waals surface area contributed by atoms with Crippen LogP contribution >= 0.6 is 11.6 Å². The molecular weight excluding hydrogens is 246 g/mol. The molecule has 1 unspecified atom stereocenters. The van der Waals surface area contributed by atoms with Crippen LogP contribution in [-0.2, 0) is 5.54 Å². The summed E-state index contributed by atoms with van der Waals surface area (Å²) in [7, 11) is 0. The van der Waals surface area contributed by atoms with Crippen LogP contribution in [0.15, 0.2) is 30.4 Å². The van der Waals surface area contributed by atoms with Crippen molar-refractivity contribution in [2.75, 3.05) is 13.2 Å². The first-order valence-corrected chi connectivity index (χ1v) is 6.71. The zero-order valence-electron chi connectivity index (χ0n) is 11.1. The molecule has 1 aromatic rings. The predicted octanol–water partition coefficient (Wildman–Crippen LogP) is 3.89. The van der Waals surface area contributed by atoms with Gasteiger partial charge in [-0.25, -0.2) is 0 Å². The van der Waals surface area contributed by atoms with Gasteiger partial charge in [-0.1, -0.05) is 24.2 Å². The van der Waals surface area contributed by atoms with E-state index in [1.54, 1.807) is 0 Å². The molecule has 1 saturated heterocycles. The molecule has 0 aliphatic carbocycles. The van der Waals surface area contributed by atoms with E-state index in [4.69, 9.17) is 16.3 Å². The van der Waals surface area contributed by atoms with Crippen molar-refractivity contribution < 1.29 is 4.74 Å². The first kappa shape index (κ1) is 13.4. The molecule has 1 aliphatic rings. The van der Waals surface area contributed by atoms with Crippen LogP contribution in [0.4, 0.5) is 0 Å². The molecule has 18 heavy (non-hydrogen) atoms. The Morgan fingerprint density at radius 1 is 1.56 bits per heavy atom. The van der Waals surface area contributed by atoms with Crippen LogP contribution in [0.3, 0.4) is 0 Å². The Morgan fingerprint density at radius 3 is 2.89 bits per heavy atom. The Hall–Kier alpha value is -0.990. The lowest BCUT2D eigenvalue weighted by atomic mass is 9.90. The van der Waals surface area contributed by atoms with Gasteiger partial charge in [0.25, 0.3) is 0 Å². The largest absolute Gasteiger partial charge is 0.488 e. The summed E-state index contributed by atoms with van der Waals surface area (Å²) in [6.07, 6.45) is 2.36. The van der Waals surface area contributed by atoms with Gasteiger partial charge in [0.2, 0.25) is 0 Å². The van der Waals surface area contributed by atoms with Gasteiger partial charge in [0, 0.05) is 5.54 Å². The quantitative estimate of drug-likeness (QED) is 0.834. The number of benzene rings is 1.